The highest BCUT2D eigenvalue weighted by Crippen LogP contribution is 2.25. The van der Waals surface area contributed by atoms with Crippen molar-refractivity contribution in [3.05, 3.63) is 92.7 Å². The van der Waals surface area contributed by atoms with Crippen LogP contribution in [-0.4, -0.2) is 18.0 Å². The number of carbonyl (C=O) groups is 2. The number of nitrogens with zero attached hydrogens (tertiary/aromatic N) is 1. The summed E-state index contributed by atoms with van der Waals surface area (Å²) in [6.45, 7) is 0.182. The monoisotopic (exact) mass is 521 g/mol. The lowest BCUT2D eigenvalue weighted by molar-refractivity contribution is -0.124. The highest BCUT2D eigenvalue weighted by Gasteiger charge is 2.10. The summed E-state index contributed by atoms with van der Waals surface area (Å²) in [5, 5.41) is 7.77. The second kappa shape index (κ2) is 12.4. The van der Waals surface area contributed by atoms with Crippen molar-refractivity contribution >= 4 is 58.5 Å². The van der Waals surface area contributed by atoms with Crippen molar-refractivity contribution in [2.75, 3.05) is 5.32 Å². The second-order valence-electron chi connectivity index (χ2n) is 7.03. The molecule has 0 saturated heterocycles. The van der Waals surface area contributed by atoms with Crippen LogP contribution in [0, 0.1) is 5.82 Å². The van der Waals surface area contributed by atoms with Gasteiger partial charge in [-0.2, -0.15) is 5.10 Å². The Balaban J connectivity index is 1.53. The first-order chi connectivity index (χ1) is 16.3. The predicted octanol–water partition coefficient (Wildman–Crippen LogP) is 6.23. The van der Waals surface area contributed by atoms with E-state index in [1.54, 1.807) is 42.5 Å². The quantitative estimate of drug-likeness (QED) is 0.258. The van der Waals surface area contributed by atoms with Crippen LogP contribution in [0.4, 0.5) is 10.1 Å². The molecule has 6 nitrogen and oxygen atoms in total. The minimum Gasteiger partial charge on any atom is -0.488 e. The molecule has 0 aliphatic rings. The summed E-state index contributed by atoms with van der Waals surface area (Å²) < 4.78 is 19.4. The average Bonchev–Trinajstić information content (AvgIpc) is 2.80. The third-order valence-corrected chi connectivity index (χ3v) is 5.31. The summed E-state index contributed by atoms with van der Waals surface area (Å²) in [6, 6.07) is 15.8. The number of ether oxygens (including phenoxy) is 1. The summed E-state index contributed by atoms with van der Waals surface area (Å²) in [7, 11) is 0. The Bertz CT molecular complexity index is 1220. The maximum atomic E-state index is 13.6. The number of hydrazone groups is 1. The van der Waals surface area contributed by atoms with E-state index >= 15 is 0 Å². The van der Waals surface area contributed by atoms with E-state index in [0.29, 0.717) is 26.4 Å². The molecule has 0 saturated carbocycles. The van der Waals surface area contributed by atoms with Crippen molar-refractivity contribution < 1.29 is 18.7 Å². The van der Waals surface area contributed by atoms with Gasteiger partial charge in [0.1, 0.15) is 18.2 Å². The zero-order valence-corrected chi connectivity index (χ0v) is 19.9. The zero-order valence-electron chi connectivity index (χ0n) is 17.7. The number of carbonyl (C=O) groups excluding carboxylic acids is 2. The Morgan fingerprint density at radius 1 is 0.941 bits per heavy atom. The molecule has 0 bridgehead atoms. The topological polar surface area (TPSA) is 79.8 Å². The normalized spacial score (nSPS) is 10.8. The second-order valence-corrected chi connectivity index (χ2v) is 8.31. The molecule has 0 aromatic heterocycles. The molecule has 0 heterocycles. The average molecular weight is 523 g/mol. The highest BCUT2D eigenvalue weighted by molar-refractivity contribution is 6.35. The van der Waals surface area contributed by atoms with Crippen LogP contribution in [0.25, 0.3) is 0 Å². The van der Waals surface area contributed by atoms with Gasteiger partial charge in [-0.3, -0.25) is 9.59 Å². The fraction of sp³-hybridized carbons (Fsp3) is 0.125. The minimum atomic E-state index is -0.553. The first-order valence-corrected chi connectivity index (χ1v) is 11.2. The Kier molecular flexibility index (Phi) is 9.27. The van der Waals surface area contributed by atoms with Gasteiger partial charge in [-0.15, -0.1) is 0 Å². The molecule has 2 N–H and O–H groups in total. The summed E-state index contributed by atoms with van der Waals surface area (Å²) in [4.78, 5) is 24.0. The smallest absolute Gasteiger partial charge is 0.240 e. The van der Waals surface area contributed by atoms with Gasteiger partial charge in [-0.05, 0) is 42.5 Å². The third-order valence-electron chi connectivity index (χ3n) is 4.49. The van der Waals surface area contributed by atoms with E-state index in [1.165, 1.54) is 24.4 Å². The van der Waals surface area contributed by atoms with E-state index in [9.17, 15) is 14.0 Å². The third kappa shape index (κ3) is 7.73. The number of anilines is 1. The molecule has 0 fully saturated rings. The van der Waals surface area contributed by atoms with Gasteiger partial charge < -0.3 is 10.1 Å². The van der Waals surface area contributed by atoms with E-state index in [-0.39, 0.29) is 25.1 Å². The first kappa shape index (κ1) is 25.5. The largest absolute Gasteiger partial charge is 0.488 e. The molecule has 0 radical (unpaired) electrons. The van der Waals surface area contributed by atoms with Gasteiger partial charge in [-0.1, -0.05) is 53.0 Å². The number of nitrogens with one attached hydrogen (secondary N) is 2. The number of halogens is 4. The molecule has 3 rings (SSSR count). The van der Waals surface area contributed by atoms with Crippen molar-refractivity contribution in [3.63, 3.8) is 0 Å². The summed E-state index contributed by atoms with van der Waals surface area (Å²) >= 11 is 18.2. The molecule has 10 heteroatoms. The van der Waals surface area contributed by atoms with E-state index in [1.807, 2.05) is 0 Å². The zero-order chi connectivity index (χ0) is 24.5. The number of hydrogen-bond donors (Lipinski definition) is 2. The Morgan fingerprint density at radius 2 is 1.65 bits per heavy atom. The van der Waals surface area contributed by atoms with Gasteiger partial charge in [0.15, 0.2) is 0 Å². The first-order valence-electron chi connectivity index (χ1n) is 10.0. The van der Waals surface area contributed by atoms with Crippen LogP contribution in [0.15, 0.2) is 65.8 Å². The van der Waals surface area contributed by atoms with Gasteiger partial charge in [-0.25, -0.2) is 9.82 Å². The van der Waals surface area contributed by atoms with Gasteiger partial charge in [0.25, 0.3) is 0 Å². The fourth-order valence-electron chi connectivity index (χ4n) is 2.78. The molecule has 0 aliphatic heterocycles. The number of amides is 2. The Morgan fingerprint density at radius 3 is 2.41 bits per heavy atom. The van der Waals surface area contributed by atoms with Gasteiger partial charge >= 0.3 is 0 Å². The van der Waals surface area contributed by atoms with Crippen LogP contribution in [-0.2, 0) is 16.2 Å². The van der Waals surface area contributed by atoms with Crippen molar-refractivity contribution in [1.82, 2.24) is 5.43 Å². The molecule has 3 aromatic rings. The van der Waals surface area contributed by atoms with Crippen molar-refractivity contribution in [3.8, 4) is 5.75 Å². The Labute approximate surface area is 210 Å². The van der Waals surface area contributed by atoms with Crippen LogP contribution < -0.4 is 15.5 Å². The van der Waals surface area contributed by atoms with Crippen LogP contribution in [0.3, 0.4) is 0 Å². The van der Waals surface area contributed by atoms with E-state index in [2.05, 4.69) is 15.8 Å². The standard InChI is InChI=1S/C24H19Cl3FN3O3/c25-17-7-8-22(34-14-15-5-6-18(26)12-19(15)27)16(11-17)13-29-31-24(33)10-9-23(32)30-21-4-2-1-3-20(21)28/h1-8,11-13H,9-10,14H2,(H,30,32)(H,31,33). The number of para-hydroxylation sites is 1. The fourth-order valence-corrected chi connectivity index (χ4v) is 3.42. The molecule has 3 aromatic carbocycles. The van der Waals surface area contributed by atoms with E-state index < -0.39 is 17.6 Å². The molecule has 0 unspecified atom stereocenters. The molecule has 0 aliphatic carbocycles. The van der Waals surface area contributed by atoms with E-state index in [4.69, 9.17) is 39.5 Å². The molecule has 2 amide bonds. The lowest BCUT2D eigenvalue weighted by atomic mass is 10.2. The number of benzene rings is 3. The lowest BCUT2D eigenvalue weighted by Gasteiger charge is -2.11. The lowest BCUT2D eigenvalue weighted by Crippen LogP contribution is -2.21. The summed E-state index contributed by atoms with van der Waals surface area (Å²) in [5.74, 6) is -1.06. The van der Waals surface area contributed by atoms with E-state index in [0.717, 1.165) is 5.56 Å². The van der Waals surface area contributed by atoms with Crippen molar-refractivity contribution in [2.24, 2.45) is 5.10 Å². The maximum absolute atomic E-state index is 13.6. The van der Waals surface area contributed by atoms with Gasteiger partial charge in [0, 0.05) is 39.0 Å². The minimum absolute atomic E-state index is 0.0549. The number of hydrogen-bond acceptors (Lipinski definition) is 4. The molecule has 0 spiro atoms. The van der Waals surface area contributed by atoms with Crippen molar-refractivity contribution in [1.29, 1.82) is 0 Å². The van der Waals surface area contributed by atoms with Crippen LogP contribution in [0.1, 0.15) is 24.0 Å². The highest BCUT2D eigenvalue weighted by atomic mass is 35.5. The van der Waals surface area contributed by atoms with Crippen LogP contribution >= 0.6 is 34.8 Å². The van der Waals surface area contributed by atoms with Crippen molar-refractivity contribution in [2.45, 2.75) is 19.4 Å². The SMILES string of the molecule is O=C(CCC(=O)Nc1ccccc1F)NN=Cc1cc(Cl)ccc1OCc1ccc(Cl)cc1Cl. The molecular weight excluding hydrogens is 504 g/mol. The maximum Gasteiger partial charge on any atom is 0.240 e. The predicted molar refractivity (Wildman–Crippen MR) is 132 cm³/mol. The Hall–Kier alpha value is -3.13. The molecule has 176 valence electrons. The molecule has 0 atom stereocenters. The summed E-state index contributed by atoms with van der Waals surface area (Å²) in [5.41, 5.74) is 3.66. The summed E-state index contributed by atoms with van der Waals surface area (Å²) in [6.07, 6.45) is 1.11. The van der Waals surface area contributed by atoms with Crippen LogP contribution in [0.2, 0.25) is 15.1 Å². The number of rotatable bonds is 9. The van der Waals surface area contributed by atoms with Crippen LogP contribution in [0.5, 0.6) is 5.75 Å². The molecule has 34 heavy (non-hydrogen) atoms. The van der Waals surface area contributed by atoms with Gasteiger partial charge in [0.2, 0.25) is 11.8 Å². The van der Waals surface area contributed by atoms with Gasteiger partial charge in [0.05, 0.1) is 11.9 Å². The molecular formula is C24H19Cl3FN3O3.